The third-order valence-electron chi connectivity index (χ3n) is 9.09. The molecule has 2 N–H and O–H groups in total. The number of carbonyl (C=O) groups excluding carboxylic acids is 2. The number of carbonyl (C=O) groups is 2. The molecule has 0 spiro atoms. The lowest BCUT2D eigenvalue weighted by Gasteiger charge is -2.39. The summed E-state index contributed by atoms with van der Waals surface area (Å²) in [5.41, 5.74) is -1.23. The molecular formula is C34H58O8. The van der Waals surface area contributed by atoms with Gasteiger partial charge in [-0.2, -0.15) is 0 Å². The normalized spacial score (nSPS) is 30.0. The Morgan fingerprint density at radius 2 is 1.10 bits per heavy atom. The molecule has 0 aromatic carbocycles. The molecule has 0 aliphatic carbocycles. The van der Waals surface area contributed by atoms with Gasteiger partial charge in [0.2, 0.25) is 0 Å². The summed E-state index contributed by atoms with van der Waals surface area (Å²) in [7, 11) is 0. The highest BCUT2D eigenvalue weighted by atomic mass is 16.6. The number of hydrogen-bond donors (Lipinski definition) is 2. The number of aliphatic hydroxyl groups is 2. The van der Waals surface area contributed by atoms with Crippen LogP contribution in [0.15, 0.2) is 23.3 Å². The summed E-state index contributed by atoms with van der Waals surface area (Å²) in [6.45, 7) is 18.4. The second kappa shape index (κ2) is 14.8. The molecule has 0 aromatic heterocycles. The van der Waals surface area contributed by atoms with Crippen molar-refractivity contribution in [1.29, 1.82) is 0 Å². The van der Waals surface area contributed by atoms with Crippen LogP contribution in [0, 0.1) is 0 Å². The fourth-order valence-electron chi connectivity index (χ4n) is 6.38. The molecule has 2 heterocycles. The first-order valence-electron chi connectivity index (χ1n) is 15.7. The first-order valence-corrected chi connectivity index (χ1v) is 15.7. The van der Waals surface area contributed by atoms with Crippen molar-refractivity contribution in [3.8, 4) is 0 Å². The highest BCUT2D eigenvalue weighted by molar-refractivity contribution is 5.66. The van der Waals surface area contributed by atoms with E-state index < -0.39 is 46.6 Å². The summed E-state index contributed by atoms with van der Waals surface area (Å²) >= 11 is 0. The van der Waals surface area contributed by atoms with Gasteiger partial charge in [-0.3, -0.25) is 9.59 Å². The van der Waals surface area contributed by atoms with Crippen molar-refractivity contribution in [3.05, 3.63) is 23.3 Å². The molecular weight excluding hydrogens is 536 g/mol. The summed E-state index contributed by atoms with van der Waals surface area (Å²) in [4.78, 5) is 24.4. The van der Waals surface area contributed by atoms with Crippen molar-refractivity contribution < 1.29 is 38.7 Å². The molecule has 2 saturated heterocycles. The Morgan fingerprint density at radius 3 is 1.38 bits per heavy atom. The van der Waals surface area contributed by atoms with Crippen LogP contribution in [0.25, 0.3) is 0 Å². The van der Waals surface area contributed by atoms with E-state index in [9.17, 15) is 19.8 Å². The lowest BCUT2D eigenvalue weighted by molar-refractivity contribution is -0.194. The number of hydrogen-bond acceptors (Lipinski definition) is 8. The standard InChI is InChI=1S/C34H58O8/c1-23(2)13-11-19-31(7,37)27-17-21-33(9,41-27)29(39-25(5)35)15-16-30(40-26(6)36)34(10)22-18-28(42-34)32(8,38)20-12-14-24(3)4/h13-14,27-30,37-38H,11-12,15-22H2,1-10H3/t27-,28-,29-,30+,31+,32+,33+,34-/m1/s1. The van der Waals surface area contributed by atoms with E-state index in [-0.39, 0.29) is 12.2 Å². The summed E-state index contributed by atoms with van der Waals surface area (Å²) in [6, 6.07) is 0. The lowest BCUT2D eigenvalue weighted by Crippen LogP contribution is -2.49. The first-order chi connectivity index (χ1) is 19.3. The summed E-state index contributed by atoms with van der Waals surface area (Å²) < 4.78 is 24.6. The van der Waals surface area contributed by atoms with Crippen LogP contribution in [0.5, 0.6) is 0 Å². The number of allylic oxidation sites excluding steroid dienone is 4. The van der Waals surface area contributed by atoms with Crippen LogP contribution < -0.4 is 0 Å². The minimum absolute atomic E-state index is 0.389. The molecule has 0 saturated carbocycles. The average Bonchev–Trinajstić information content (AvgIpc) is 3.45. The highest BCUT2D eigenvalue weighted by Crippen LogP contribution is 2.44. The predicted octanol–water partition coefficient (Wildman–Crippen LogP) is 6.50. The summed E-state index contributed by atoms with van der Waals surface area (Å²) in [5.74, 6) is -0.827. The van der Waals surface area contributed by atoms with E-state index in [4.69, 9.17) is 18.9 Å². The Labute approximate surface area is 254 Å². The quantitative estimate of drug-likeness (QED) is 0.163. The van der Waals surface area contributed by atoms with Gasteiger partial charge in [0.25, 0.3) is 0 Å². The van der Waals surface area contributed by atoms with E-state index in [0.29, 0.717) is 51.4 Å². The zero-order chi connectivity index (χ0) is 31.9. The van der Waals surface area contributed by atoms with Crippen LogP contribution in [0.2, 0.25) is 0 Å². The second-order valence-corrected chi connectivity index (χ2v) is 14.0. The van der Waals surface area contributed by atoms with Gasteiger partial charge < -0.3 is 29.2 Å². The van der Waals surface area contributed by atoms with E-state index in [0.717, 1.165) is 12.8 Å². The molecule has 0 unspecified atom stereocenters. The first kappa shape index (κ1) is 36.5. The van der Waals surface area contributed by atoms with Gasteiger partial charge in [0.05, 0.1) is 23.4 Å². The van der Waals surface area contributed by atoms with Crippen LogP contribution in [0.4, 0.5) is 0 Å². The van der Waals surface area contributed by atoms with Crippen LogP contribution in [-0.4, -0.2) is 69.0 Å². The molecule has 8 nitrogen and oxygen atoms in total. The zero-order valence-corrected chi connectivity index (χ0v) is 27.9. The summed E-state index contributed by atoms with van der Waals surface area (Å²) in [5, 5.41) is 22.5. The van der Waals surface area contributed by atoms with Crippen molar-refractivity contribution >= 4 is 11.9 Å². The maximum atomic E-state index is 12.2. The van der Waals surface area contributed by atoms with Gasteiger partial charge >= 0.3 is 11.9 Å². The molecule has 8 atom stereocenters. The van der Waals surface area contributed by atoms with Crippen molar-refractivity contribution in [2.24, 2.45) is 0 Å². The van der Waals surface area contributed by atoms with Gasteiger partial charge in [0, 0.05) is 13.8 Å². The Morgan fingerprint density at radius 1 is 0.762 bits per heavy atom. The van der Waals surface area contributed by atoms with Gasteiger partial charge in [-0.25, -0.2) is 0 Å². The maximum Gasteiger partial charge on any atom is 0.303 e. The molecule has 242 valence electrons. The minimum Gasteiger partial charge on any atom is -0.459 e. The molecule has 8 heteroatoms. The molecule has 0 radical (unpaired) electrons. The molecule has 42 heavy (non-hydrogen) atoms. The number of ether oxygens (including phenoxy) is 4. The molecule has 0 amide bonds. The second-order valence-electron chi connectivity index (χ2n) is 14.0. The third-order valence-corrected chi connectivity index (χ3v) is 9.09. The van der Waals surface area contributed by atoms with Crippen LogP contribution >= 0.6 is 0 Å². The molecule has 2 aliphatic heterocycles. The SMILES string of the molecule is CC(=O)O[C@@H](CC[C@@H](OC(C)=O)[C@]1(C)CC[C@H]([C@@](C)(O)CCC=C(C)C)O1)[C@@]1(C)CC[C@H]([C@@](C)(O)CCC=C(C)C)O1. The average molecular weight is 595 g/mol. The Balaban J connectivity index is 2.16. The fraction of sp³-hybridized carbons (Fsp3) is 0.824. The van der Waals surface area contributed by atoms with Gasteiger partial charge in [0.15, 0.2) is 0 Å². The smallest absolute Gasteiger partial charge is 0.303 e. The largest absolute Gasteiger partial charge is 0.459 e. The molecule has 2 rings (SSSR count). The van der Waals surface area contributed by atoms with Gasteiger partial charge in [0.1, 0.15) is 23.4 Å². The number of esters is 2. The monoisotopic (exact) mass is 594 g/mol. The predicted molar refractivity (Wildman–Crippen MR) is 164 cm³/mol. The Hall–Kier alpha value is -1.74. The Kier molecular flexibility index (Phi) is 12.9. The van der Waals surface area contributed by atoms with E-state index >= 15 is 0 Å². The molecule has 0 bridgehead atoms. The molecule has 2 fully saturated rings. The van der Waals surface area contributed by atoms with Gasteiger partial charge in [-0.1, -0.05) is 23.3 Å². The lowest BCUT2D eigenvalue weighted by atomic mass is 9.85. The van der Waals surface area contributed by atoms with Gasteiger partial charge in [-0.15, -0.1) is 0 Å². The highest BCUT2D eigenvalue weighted by Gasteiger charge is 2.52. The topological polar surface area (TPSA) is 112 Å². The molecule has 0 aromatic rings. The van der Waals surface area contributed by atoms with Crippen molar-refractivity contribution in [1.82, 2.24) is 0 Å². The summed E-state index contributed by atoms with van der Waals surface area (Å²) in [6.07, 6.45) is 8.21. The van der Waals surface area contributed by atoms with E-state index in [1.807, 2.05) is 55.4 Å². The molecule has 2 aliphatic rings. The fourth-order valence-corrected chi connectivity index (χ4v) is 6.38. The Bertz CT molecular complexity index is 896. The van der Waals surface area contributed by atoms with E-state index in [1.54, 1.807) is 0 Å². The minimum atomic E-state index is -1.02. The number of rotatable bonds is 15. The van der Waals surface area contributed by atoms with E-state index in [1.165, 1.54) is 25.0 Å². The van der Waals surface area contributed by atoms with Crippen LogP contribution in [0.1, 0.15) is 133 Å². The zero-order valence-electron chi connectivity index (χ0n) is 27.9. The van der Waals surface area contributed by atoms with Crippen molar-refractivity contribution in [2.75, 3.05) is 0 Å². The van der Waals surface area contributed by atoms with Crippen molar-refractivity contribution in [3.63, 3.8) is 0 Å². The van der Waals surface area contributed by atoms with Crippen molar-refractivity contribution in [2.45, 2.75) is 180 Å². The maximum absolute atomic E-state index is 12.2. The van der Waals surface area contributed by atoms with Gasteiger partial charge in [-0.05, 0) is 120 Å². The van der Waals surface area contributed by atoms with Crippen LogP contribution in [-0.2, 0) is 28.5 Å². The van der Waals surface area contributed by atoms with Crippen LogP contribution in [0.3, 0.4) is 0 Å². The van der Waals surface area contributed by atoms with E-state index in [2.05, 4.69) is 12.2 Å². The third kappa shape index (κ3) is 10.5.